The van der Waals surface area contributed by atoms with E-state index in [0.717, 1.165) is 11.1 Å². The molecule has 0 spiro atoms. The molecule has 1 rings (SSSR count). The Morgan fingerprint density at radius 3 is 2.67 bits per heavy atom. The first-order valence-corrected chi connectivity index (χ1v) is 3.90. The lowest BCUT2D eigenvalue weighted by Crippen LogP contribution is -2.03. The minimum atomic E-state index is 0.0798. The van der Waals surface area contributed by atoms with Gasteiger partial charge in [-0.1, -0.05) is 12.1 Å². The Labute approximate surface area is 71.5 Å². The van der Waals surface area contributed by atoms with E-state index in [0.29, 0.717) is 13.0 Å². The quantitative estimate of drug-likeness (QED) is 0.610. The highest BCUT2D eigenvalue weighted by molar-refractivity contribution is 5.39. The van der Waals surface area contributed by atoms with Gasteiger partial charge in [0.15, 0.2) is 0 Å². The van der Waals surface area contributed by atoms with Crippen LogP contribution in [0.3, 0.4) is 0 Å². The third-order valence-corrected chi connectivity index (χ3v) is 1.83. The maximum absolute atomic E-state index is 9.36. The molecule has 4 N–H and O–H groups in total. The number of phenols is 1. The first kappa shape index (κ1) is 9.03. The highest BCUT2D eigenvalue weighted by Gasteiger charge is 2.04. The predicted octanol–water partition coefficient (Wildman–Crippen LogP) is 0.386. The Bertz CT molecular complexity index is 261. The van der Waals surface area contributed by atoms with Crippen LogP contribution < -0.4 is 5.73 Å². The van der Waals surface area contributed by atoms with Crippen molar-refractivity contribution < 1.29 is 10.2 Å². The van der Waals surface area contributed by atoms with E-state index in [1.54, 1.807) is 12.1 Å². The monoisotopic (exact) mass is 167 g/mol. The Kier molecular flexibility index (Phi) is 3.08. The fourth-order valence-corrected chi connectivity index (χ4v) is 1.21. The van der Waals surface area contributed by atoms with Crippen LogP contribution in [0.25, 0.3) is 0 Å². The summed E-state index contributed by atoms with van der Waals surface area (Å²) in [5.41, 5.74) is 7.09. The minimum Gasteiger partial charge on any atom is -0.508 e. The van der Waals surface area contributed by atoms with E-state index in [9.17, 15) is 5.11 Å². The van der Waals surface area contributed by atoms with Crippen LogP contribution in [0.5, 0.6) is 5.75 Å². The molecule has 0 atom stereocenters. The summed E-state index contributed by atoms with van der Waals surface area (Å²) in [5.74, 6) is 0.212. The molecule has 0 unspecified atom stereocenters. The smallest absolute Gasteiger partial charge is 0.120 e. The minimum absolute atomic E-state index is 0.0798. The van der Waals surface area contributed by atoms with Gasteiger partial charge in [-0.2, -0.15) is 0 Å². The van der Waals surface area contributed by atoms with Crippen molar-refractivity contribution in [1.29, 1.82) is 0 Å². The SMILES string of the molecule is NCc1c(O)cccc1CCO. The fourth-order valence-electron chi connectivity index (χ4n) is 1.21. The van der Waals surface area contributed by atoms with Crippen molar-refractivity contribution in [3.05, 3.63) is 29.3 Å². The van der Waals surface area contributed by atoms with Crippen molar-refractivity contribution in [3.63, 3.8) is 0 Å². The van der Waals surface area contributed by atoms with Crippen LogP contribution in [0.1, 0.15) is 11.1 Å². The molecule has 0 heterocycles. The molecule has 0 radical (unpaired) electrons. The number of aromatic hydroxyl groups is 1. The van der Waals surface area contributed by atoms with Crippen molar-refractivity contribution in [1.82, 2.24) is 0 Å². The summed E-state index contributed by atoms with van der Waals surface area (Å²) in [6, 6.07) is 5.21. The zero-order valence-corrected chi connectivity index (χ0v) is 6.83. The van der Waals surface area contributed by atoms with Gasteiger partial charge in [0.1, 0.15) is 5.75 Å². The maximum atomic E-state index is 9.36. The standard InChI is InChI=1S/C9H13NO2/c10-6-8-7(4-5-11)2-1-3-9(8)12/h1-3,11-12H,4-6,10H2. The molecule has 66 valence electrons. The summed E-state index contributed by atoms with van der Waals surface area (Å²) in [4.78, 5) is 0. The lowest BCUT2D eigenvalue weighted by atomic mass is 10.0. The van der Waals surface area contributed by atoms with Gasteiger partial charge in [-0.25, -0.2) is 0 Å². The fraction of sp³-hybridized carbons (Fsp3) is 0.333. The molecule has 0 aliphatic rings. The molecule has 0 bridgehead atoms. The molecular weight excluding hydrogens is 154 g/mol. The Morgan fingerprint density at radius 1 is 1.33 bits per heavy atom. The molecule has 0 amide bonds. The molecule has 0 fully saturated rings. The molecule has 1 aromatic rings. The van der Waals surface area contributed by atoms with Crippen LogP contribution in [0.4, 0.5) is 0 Å². The molecule has 0 saturated heterocycles. The third-order valence-electron chi connectivity index (χ3n) is 1.83. The Balaban J connectivity index is 3.00. The van der Waals surface area contributed by atoms with E-state index in [2.05, 4.69) is 0 Å². The zero-order valence-electron chi connectivity index (χ0n) is 6.83. The molecule has 0 aliphatic carbocycles. The second-order valence-electron chi connectivity index (χ2n) is 2.59. The Hall–Kier alpha value is -1.06. The van der Waals surface area contributed by atoms with Gasteiger partial charge >= 0.3 is 0 Å². The van der Waals surface area contributed by atoms with Crippen LogP contribution in [0.15, 0.2) is 18.2 Å². The molecule has 1 aromatic carbocycles. The van der Waals surface area contributed by atoms with Gasteiger partial charge in [-0.05, 0) is 18.1 Å². The van der Waals surface area contributed by atoms with E-state index in [-0.39, 0.29) is 12.4 Å². The van der Waals surface area contributed by atoms with Gasteiger partial charge in [0, 0.05) is 18.7 Å². The van der Waals surface area contributed by atoms with Gasteiger partial charge in [-0.15, -0.1) is 0 Å². The highest BCUT2D eigenvalue weighted by Crippen LogP contribution is 2.20. The van der Waals surface area contributed by atoms with Crippen molar-refractivity contribution in [3.8, 4) is 5.75 Å². The van der Waals surface area contributed by atoms with Crippen LogP contribution in [-0.4, -0.2) is 16.8 Å². The van der Waals surface area contributed by atoms with Crippen LogP contribution in [-0.2, 0) is 13.0 Å². The summed E-state index contributed by atoms with van der Waals surface area (Å²) in [5, 5.41) is 18.1. The average Bonchev–Trinajstić information content (AvgIpc) is 2.05. The topological polar surface area (TPSA) is 66.5 Å². The zero-order chi connectivity index (χ0) is 8.97. The first-order valence-electron chi connectivity index (χ1n) is 3.90. The Morgan fingerprint density at radius 2 is 2.08 bits per heavy atom. The van der Waals surface area contributed by atoms with Gasteiger partial charge in [0.05, 0.1) is 0 Å². The summed E-state index contributed by atoms with van der Waals surface area (Å²) < 4.78 is 0. The molecule has 0 saturated carbocycles. The van der Waals surface area contributed by atoms with Crippen molar-refractivity contribution >= 4 is 0 Å². The second kappa shape index (κ2) is 4.09. The largest absolute Gasteiger partial charge is 0.508 e. The second-order valence-corrected chi connectivity index (χ2v) is 2.59. The number of aliphatic hydroxyl groups is 1. The van der Waals surface area contributed by atoms with E-state index in [1.165, 1.54) is 0 Å². The predicted molar refractivity (Wildman–Crippen MR) is 46.8 cm³/mol. The third kappa shape index (κ3) is 1.75. The highest BCUT2D eigenvalue weighted by atomic mass is 16.3. The van der Waals surface area contributed by atoms with Crippen LogP contribution in [0, 0.1) is 0 Å². The van der Waals surface area contributed by atoms with Crippen molar-refractivity contribution in [2.24, 2.45) is 5.73 Å². The maximum Gasteiger partial charge on any atom is 0.120 e. The van der Waals surface area contributed by atoms with Gasteiger partial charge in [0.25, 0.3) is 0 Å². The van der Waals surface area contributed by atoms with E-state index >= 15 is 0 Å². The molecule has 12 heavy (non-hydrogen) atoms. The molecular formula is C9H13NO2. The number of hydrogen-bond acceptors (Lipinski definition) is 3. The first-order chi connectivity index (χ1) is 5.79. The normalized spacial score (nSPS) is 10.2. The molecule has 3 heteroatoms. The number of rotatable bonds is 3. The van der Waals surface area contributed by atoms with Crippen molar-refractivity contribution in [2.75, 3.05) is 6.61 Å². The van der Waals surface area contributed by atoms with E-state index in [1.807, 2.05) is 6.07 Å². The lowest BCUT2D eigenvalue weighted by Gasteiger charge is -2.07. The lowest BCUT2D eigenvalue weighted by molar-refractivity contribution is 0.299. The van der Waals surface area contributed by atoms with Gasteiger partial charge in [-0.3, -0.25) is 0 Å². The number of nitrogens with two attached hydrogens (primary N) is 1. The summed E-state index contributed by atoms with van der Waals surface area (Å²) in [7, 11) is 0. The molecule has 3 nitrogen and oxygen atoms in total. The van der Waals surface area contributed by atoms with Crippen LogP contribution in [0.2, 0.25) is 0 Å². The van der Waals surface area contributed by atoms with E-state index < -0.39 is 0 Å². The molecule has 0 aliphatic heterocycles. The van der Waals surface area contributed by atoms with Gasteiger partial charge < -0.3 is 15.9 Å². The average molecular weight is 167 g/mol. The number of benzene rings is 1. The number of aliphatic hydroxyl groups excluding tert-OH is 1. The summed E-state index contributed by atoms with van der Waals surface area (Å²) in [6.45, 7) is 0.387. The van der Waals surface area contributed by atoms with Crippen molar-refractivity contribution in [2.45, 2.75) is 13.0 Å². The van der Waals surface area contributed by atoms with Gasteiger partial charge in [0.2, 0.25) is 0 Å². The number of hydrogen-bond donors (Lipinski definition) is 3. The van der Waals surface area contributed by atoms with Crippen LogP contribution >= 0.6 is 0 Å². The summed E-state index contributed by atoms with van der Waals surface area (Å²) >= 11 is 0. The number of phenolic OH excluding ortho intramolecular Hbond substituents is 1. The van der Waals surface area contributed by atoms with E-state index in [4.69, 9.17) is 10.8 Å². The summed E-state index contributed by atoms with van der Waals surface area (Å²) in [6.07, 6.45) is 0.543. The molecule has 0 aromatic heterocycles.